The predicted octanol–water partition coefficient (Wildman–Crippen LogP) is 2.53. The molecule has 1 aromatic carbocycles. The summed E-state index contributed by atoms with van der Waals surface area (Å²) in [5.41, 5.74) is 3.60. The van der Waals surface area contributed by atoms with E-state index in [0.29, 0.717) is 11.6 Å². The van der Waals surface area contributed by atoms with Crippen LogP contribution >= 0.6 is 11.6 Å². The number of rotatable bonds is 7. The number of aromatic nitrogens is 2. The normalized spacial score (nSPS) is 12.3. The molecule has 1 unspecified atom stereocenters. The lowest BCUT2D eigenvalue weighted by Crippen LogP contribution is -2.34. The first-order valence-electron chi connectivity index (χ1n) is 6.61. The smallest absolute Gasteiger partial charge is 0.119 e. The minimum absolute atomic E-state index is 0.211. The Morgan fingerprint density at radius 1 is 1.40 bits per heavy atom. The average molecular weight is 295 g/mol. The number of hydrazine groups is 1. The van der Waals surface area contributed by atoms with E-state index >= 15 is 0 Å². The van der Waals surface area contributed by atoms with Gasteiger partial charge in [-0.05, 0) is 18.6 Å². The molecule has 108 valence electrons. The molecule has 0 saturated carbocycles. The van der Waals surface area contributed by atoms with Gasteiger partial charge in [0.2, 0.25) is 0 Å². The Kier molecular flexibility index (Phi) is 5.40. The van der Waals surface area contributed by atoms with E-state index < -0.39 is 0 Å². The summed E-state index contributed by atoms with van der Waals surface area (Å²) < 4.78 is 7.59. The SMILES string of the molecule is CCCn1ncc(Cl)c1C(COc1ccccc1)NN. The van der Waals surface area contributed by atoms with Gasteiger partial charge in [0.05, 0.1) is 23.0 Å². The molecule has 1 aromatic heterocycles. The van der Waals surface area contributed by atoms with Gasteiger partial charge < -0.3 is 4.74 Å². The average Bonchev–Trinajstić information content (AvgIpc) is 2.83. The zero-order valence-electron chi connectivity index (χ0n) is 11.4. The molecule has 2 aromatic rings. The van der Waals surface area contributed by atoms with Gasteiger partial charge >= 0.3 is 0 Å². The summed E-state index contributed by atoms with van der Waals surface area (Å²) in [4.78, 5) is 0. The van der Waals surface area contributed by atoms with Gasteiger partial charge in [0, 0.05) is 6.54 Å². The van der Waals surface area contributed by atoms with Gasteiger partial charge in [0.1, 0.15) is 12.4 Å². The molecule has 0 bridgehead atoms. The van der Waals surface area contributed by atoms with E-state index in [2.05, 4.69) is 17.4 Å². The van der Waals surface area contributed by atoms with E-state index in [1.807, 2.05) is 35.0 Å². The van der Waals surface area contributed by atoms with Crippen LogP contribution in [-0.4, -0.2) is 16.4 Å². The zero-order chi connectivity index (χ0) is 14.4. The molecule has 0 aliphatic rings. The Bertz CT molecular complexity index is 529. The summed E-state index contributed by atoms with van der Waals surface area (Å²) in [6.07, 6.45) is 2.61. The molecule has 0 aliphatic heterocycles. The first-order chi connectivity index (χ1) is 9.76. The molecule has 0 radical (unpaired) electrons. The molecule has 1 atom stereocenters. The van der Waals surface area contributed by atoms with Crippen molar-refractivity contribution in [1.29, 1.82) is 0 Å². The summed E-state index contributed by atoms with van der Waals surface area (Å²) in [5.74, 6) is 6.43. The molecular weight excluding hydrogens is 276 g/mol. The van der Waals surface area contributed by atoms with Gasteiger partial charge in [-0.1, -0.05) is 36.7 Å². The van der Waals surface area contributed by atoms with E-state index in [-0.39, 0.29) is 6.04 Å². The second kappa shape index (κ2) is 7.28. The third kappa shape index (κ3) is 3.50. The van der Waals surface area contributed by atoms with E-state index in [9.17, 15) is 0 Å². The Balaban J connectivity index is 2.10. The van der Waals surface area contributed by atoms with E-state index in [4.69, 9.17) is 22.2 Å². The summed E-state index contributed by atoms with van der Waals surface area (Å²) in [7, 11) is 0. The van der Waals surface area contributed by atoms with Crippen molar-refractivity contribution in [3.05, 3.63) is 47.2 Å². The van der Waals surface area contributed by atoms with Crippen molar-refractivity contribution >= 4 is 11.6 Å². The van der Waals surface area contributed by atoms with Gasteiger partial charge in [-0.2, -0.15) is 5.10 Å². The molecule has 6 heteroatoms. The summed E-state index contributed by atoms with van der Waals surface area (Å²) in [6, 6.07) is 9.38. The highest BCUT2D eigenvalue weighted by atomic mass is 35.5. The number of aryl methyl sites for hydroxylation is 1. The van der Waals surface area contributed by atoms with Gasteiger partial charge in [-0.15, -0.1) is 0 Å². The largest absolute Gasteiger partial charge is 0.491 e. The summed E-state index contributed by atoms with van der Waals surface area (Å²) in [6.45, 7) is 3.27. The van der Waals surface area contributed by atoms with Crippen LogP contribution < -0.4 is 16.0 Å². The van der Waals surface area contributed by atoms with Crippen LogP contribution in [0.5, 0.6) is 5.75 Å². The number of nitrogens with one attached hydrogen (secondary N) is 1. The fraction of sp³-hybridized carbons (Fsp3) is 0.357. The Morgan fingerprint density at radius 3 is 2.80 bits per heavy atom. The monoisotopic (exact) mass is 294 g/mol. The number of ether oxygens (including phenoxy) is 1. The number of nitrogens with two attached hydrogens (primary N) is 1. The number of para-hydroxylation sites is 1. The minimum atomic E-state index is -0.211. The van der Waals surface area contributed by atoms with Crippen molar-refractivity contribution in [3.8, 4) is 5.75 Å². The lowest BCUT2D eigenvalue weighted by atomic mass is 10.2. The van der Waals surface area contributed by atoms with Gasteiger partial charge in [0.25, 0.3) is 0 Å². The number of nitrogens with zero attached hydrogens (tertiary/aromatic N) is 2. The Morgan fingerprint density at radius 2 is 2.15 bits per heavy atom. The van der Waals surface area contributed by atoms with Crippen LogP contribution in [0.4, 0.5) is 0 Å². The molecule has 0 amide bonds. The number of hydrogen-bond acceptors (Lipinski definition) is 4. The second-order valence-corrected chi connectivity index (χ2v) is 4.85. The van der Waals surface area contributed by atoms with Crippen molar-refractivity contribution in [2.24, 2.45) is 5.84 Å². The van der Waals surface area contributed by atoms with Crippen molar-refractivity contribution in [3.63, 3.8) is 0 Å². The maximum Gasteiger partial charge on any atom is 0.119 e. The van der Waals surface area contributed by atoms with Crippen LogP contribution in [0, 0.1) is 0 Å². The third-order valence-electron chi connectivity index (χ3n) is 2.96. The molecule has 3 N–H and O–H groups in total. The first kappa shape index (κ1) is 14.8. The topological polar surface area (TPSA) is 65.1 Å². The molecular formula is C14H19ClN4O. The van der Waals surface area contributed by atoms with Crippen molar-refractivity contribution in [1.82, 2.24) is 15.2 Å². The maximum atomic E-state index is 6.20. The molecule has 20 heavy (non-hydrogen) atoms. The molecule has 0 fully saturated rings. The fourth-order valence-electron chi connectivity index (χ4n) is 2.01. The third-order valence-corrected chi connectivity index (χ3v) is 3.25. The molecule has 0 aliphatic carbocycles. The second-order valence-electron chi connectivity index (χ2n) is 4.44. The molecule has 2 rings (SSSR count). The maximum absolute atomic E-state index is 6.20. The van der Waals surface area contributed by atoms with Crippen LogP contribution in [0.2, 0.25) is 5.02 Å². The summed E-state index contributed by atoms with van der Waals surface area (Å²) in [5, 5.41) is 4.86. The van der Waals surface area contributed by atoms with Crippen LogP contribution in [0.1, 0.15) is 25.1 Å². The van der Waals surface area contributed by atoms with Crippen molar-refractivity contribution < 1.29 is 4.74 Å². The molecule has 5 nitrogen and oxygen atoms in total. The summed E-state index contributed by atoms with van der Waals surface area (Å²) >= 11 is 6.20. The number of halogens is 1. The number of benzene rings is 1. The van der Waals surface area contributed by atoms with Crippen LogP contribution in [0.3, 0.4) is 0 Å². The zero-order valence-corrected chi connectivity index (χ0v) is 12.2. The predicted molar refractivity (Wildman–Crippen MR) is 79.5 cm³/mol. The van der Waals surface area contributed by atoms with E-state index in [1.165, 1.54) is 0 Å². The number of hydrogen-bond donors (Lipinski definition) is 2. The van der Waals surface area contributed by atoms with Gasteiger partial charge in [-0.25, -0.2) is 5.43 Å². The van der Waals surface area contributed by atoms with Gasteiger partial charge in [-0.3, -0.25) is 10.5 Å². The minimum Gasteiger partial charge on any atom is -0.491 e. The van der Waals surface area contributed by atoms with E-state index in [1.54, 1.807) is 6.20 Å². The van der Waals surface area contributed by atoms with Crippen LogP contribution in [-0.2, 0) is 6.54 Å². The van der Waals surface area contributed by atoms with Crippen molar-refractivity contribution in [2.45, 2.75) is 25.9 Å². The quantitative estimate of drug-likeness (QED) is 0.608. The standard InChI is InChI=1S/C14H19ClN4O/c1-2-8-19-14(12(15)9-17-19)13(18-16)10-20-11-6-4-3-5-7-11/h3-7,9,13,18H,2,8,10,16H2,1H3. The fourth-order valence-corrected chi connectivity index (χ4v) is 2.28. The van der Waals surface area contributed by atoms with E-state index in [0.717, 1.165) is 24.4 Å². The lowest BCUT2D eigenvalue weighted by Gasteiger charge is -2.19. The Labute approximate surface area is 123 Å². The molecule has 1 heterocycles. The Hall–Kier alpha value is -1.56. The van der Waals surface area contributed by atoms with Crippen molar-refractivity contribution in [2.75, 3.05) is 6.61 Å². The lowest BCUT2D eigenvalue weighted by molar-refractivity contribution is 0.259. The molecule has 0 spiro atoms. The molecule has 0 saturated heterocycles. The van der Waals surface area contributed by atoms with Crippen LogP contribution in [0.25, 0.3) is 0 Å². The van der Waals surface area contributed by atoms with Crippen LogP contribution in [0.15, 0.2) is 36.5 Å². The highest BCUT2D eigenvalue weighted by molar-refractivity contribution is 6.31. The first-order valence-corrected chi connectivity index (χ1v) is 6.99. The highest BCUT2D eigenvalue weighted by Gasteiger charge is 2.19. The highest BCUT2D eigenvalue weighted by Crippen LogP contribution is 2.23. The van der Waals surface area contributed by atoms with Gasteiger partial charge in [0.15, 0.2) is 0 Å².